The van der Waals surface area contributed by atoms with E-state index in [-0.39, 0.29) is 76.1 Å². The van der Waals surface area contributed by atoms with Gasteiger partial charge in [0.25, 0.3) is 5.91 Å². The molecule has 0 radical (unpaired) electrons. The number of rotatable bonds is 10. The molecule has 0 aromatic heterocycles. The third-order valence-electron chi connectivity index (χ3n) is 18.5. The average Bonchev–Trinajstić information content (AvgIpc) is 1.59. The zero-order valence-electron chi connectivity index (χ0n) is 58.8. The first kappa shape index (κ1) is 80.9. The average molecular weight is 1420 g/mol. The van der Waals surface area contributed by atoms with Gasteiger partial charge in [-0.2, -0.15) is 13.2 Å². The number of allylic oxidation sites excluding steroid dienone is 1. The van der Waals surface area contributed by atoms with Crippen LogP contribution in [0.4, 0.5) is 13.2 Å². The van der Waals surface area contributed by atoms with Crippen LogP contribution in [-0.2, 0) is 76.6 Å². The molecule has 0 bridgehead atoms. The summed E-state index contributed by atoms with van der Waals surface area (Å²) in [4.78, 5) is 184. The molecular formula is C69H99Cl2F3N12O12. The molecular weight excluding hydrogens is 1320 g/mol. The standard InChI is InChI=1S/C69H99Cl2F3N12O12/c1-14-44(6)60-67(97)80(9)40-58(90)78(7)41-59(91)82(11)53(37-46-22-20-23-47(70)35-46)65(95)79(8)39-55(87)76-50(29-27-45-26-28-48(49(71)36-45)69(72,73)74)64(94)86-33-21-24-51(86)62(92)75-30-17-16-25-56(88)84(13)61(43(4)5)68(98)83(12)54(66(96)85-31-18-15-19-32-85)38-57(89)81(10)52(34-42(2)3)63(93)77-60/h20,22-23,26,28,35-36,42,44,50-54,60H,14-19,21,24-25,27,29-34,37-41H2,1-13H3,(H,75,92)(H,76,87)(H,77,93)/t44-,50-,51-,52-,53-,54-,60?/m0/s1. The van der Waals surface area contributed by atoms with Crippen LogP contribution in [0, 0.1) is 11.8 Å². The lowest BCUT2D eigenvalue weighted by atomic mass is 9.95. The summed E-state index contributed by atoms with van der Waals surface area (Å²) in [6, 6.07) is 2.05. The van der Waals surface area contributed by atoms with E-state index in [0.29, 0.717) is 60.5 Å². The molecule has 3 heterocycles. The van der Waals surface area contributed by atoms with Crippen molar-refractivity contribution in [3.63, 3.8) is 0 Å². The number of fused-ring (bicyclic) bond motifs is 1. The van der Waals surface area contributed by atoms with E-state index in [9.17, 15) is 70.7 Å². The van der Waals surface area contributed by atoms with E-state index >= 15 is 0 Å². The van der Waals surface area contributed by atoms with Crippen LogP contribution in [-0.4, -0.2) is 246 Å². The van der Waals surface area contributed by atoms with Crippen LogP contribution in [0.2, 0.25) is 10.0 Å². The Labute approximate surface area is 583 Å². The van der Waals surface area contributed by atoms with Crippen LogP contribution in [0.25, 0.3) is 0 Å². The van der Waals surface area contributed by atoms with Crippen molar-refractivity contribution in [2.75, 3.05) is 95.1 Å². The Bertz CT molecular complexity index is 3270. The summed E-state index contributed by atoms with van der Waals surface area (Å²) >= 11 is 12.4. The van der Waals surface area contributed by atoms with E-state index < -0.39 is 156 Å². The van der Waals surface area contributed by atoms with Crippen molar-refractivity contribution in [1.29, 1.82) is 0 Å². The Morgan fingerprint density at radius 1 is 0.653 bits per heavy atom. The molecule has 3 aliphatic rings. The maximum Gasteiger partial charge on any atom is 0.417 e. The Morgan fingerprint density at radius 3 is 1.91 bits per heavy atom. The van der Waals surface area contributed by atoms with Gasteiger partial charge in [0.15, 0.2) is 0 Å². The summed E-state index contributed by atoms with van der Waals surface area (Å²) in [5, 5.41) is 8.13. The lowest BCUT2D eigenvalue weighted by Crippen LogP contribution is -2.58. The van der Waals surface area contributed by atoms with Crippen LogP contribution < -0.4 is 16.0 Å². The molecule has 3 N–H and O–H groups in total. The zero-order valence-corrected chi connectivity index (χ0v) is 60.3. The molecule has 24 nitrogen and oxygen atoms in total. The highest BCUT2D eigenvalue weighted by Crippen LogP contribution is 2.35. The largest absolute Gasteiger partial charge is 0.417 e. The van der Waals surface area contributed by atoms with Gasteiger partial charge >= 0.3 is 6.18 Å². The van der Waals surface area contributed by atoms with Crippen LogP contribution in [0.3, 0.4) is 0 Å². The number of likely N-dealkylation sites (tertiary alicyclic amines) is 1. The van der Waals surface area contributed by atoms with E-state index in [1.54, 1.807) is 49.9 Å². The number of alkyl halides is 3. The fourth-order valence-corrected chi connectivity index (χ4v) is 12.9. The van der Waals surface area contributed by atoms with Crippen molar-refractivity contribution in [2.24, 2.45) is 11.8 Å². The van der Waals surface area contributed by atoms with E-state index in [2.05, 4.69) is 16.0 Å². The SMILES string of the molecule is CC[C@H](C)C1NC(=O)[C@H](CC(C)C)N(C)C(=O)C[C@@H](C(=O)N2CCCCC2)N(C)C(=O)C(=C(C)C)N(C)C(=O)CCCCNC(=O)[C@@H]2CCCN2C(=O)[C@H](CCc2ccc(C(F)(F)F)c(Cl)c2)NC(=O)CN(C)C(=O)[C@H](Cc2cccc(Cl)c2)N(C)C(=O)CN(C)C(=O)CN(C)C1=O. The third-order valence-corrected chi connectivity index (χ3v) is 19.1. The highest BCUT2D eigenvalue weighted by atomic mass is 35.5. The van der Waals surface area contributed by atoms with E-state index in [1.807, 2.05) is 20.8 Å². The highest BCUT2D eigenvalue weighted by molar-refractivity contribution is 6.31. The lowest BCUT2D eigenvalue weighted by molar-refractivity contribution is -0.150. The number of amides is 12. The molecule has 0 aliphatic carbocycles. The van der Waals surface area contributed by atoms with Gasteiger partial charge in [-0.1, -0.05) is 75.5 Å². The number of benzene rings is 2. The number of nitrogens with one attached hydrogen (secondary N) is 3. The van der Waals surface area contributed by atoms with Crippen molar-refractivity contribution in [1.82, 2.24) is 60.0 Å². The predicted octanol–water partition coefficient (Wildman–Crippen LogP) is 5.55. The number of likely N-dealkylation sites (N-methyl/N-ethyl adjacent to an activating group) is 7. The van der Waals surface area contributed by atoms with Gasteiger partial charge in [0.1, 0.15) is 41.9 Å². The molecule has 7 atom stereocenters. The number of halogens is 5. The molecule has 5 rings (SSSR count). The summed E-state index contributed by atoms with van der Waals surface area (Å²) < 4.78 is 41.2. The molecule has 2 aromatic carbocycles. The normalized spacial score (nSPS) is 23.3. The molecule has 12 amide bonds. The molecule has 542 valence electrons. The first-order chi connectivity index (χ1) is 46.0. The smallest absolute Gasteiger partial charge is 0.354 e. The van der Waals surface area contributed by atoms with E-state index in [4.69, 9.17) is 23.2 Å². The third kappa shape index (κ3) is 22.1. The molecule has 0 spiro atoms. The second kappa shape index (κ2) is 36.9. The van der Waals surface area contributed by atoms with Gasteiger partial charge in [-0.15, -0.1) is 0 Å². The molecule has 98 heavy (non-hydrogen) atoms. The predicted molar refractivity (Wildman–Crippen MR) is 363 cm³/mol. The van der Waals surface area contributed by atoms with Crippen LogP contribution in [0.5, 0.6) is 0 Å². The number of aryl methyl sites for hydroxylation is 1. The van der Waals surface area contributed by atoms with Crippen molar-refractivity contribution in [3.05, 3.63) is 80.5 Å². The van der Waals surface area contributed by atoms with Gasteiger partial charge in [0, 0.05) is 93.4 Å². The van der Waals surface area contributed by atoms with E-state index in [0.717, 1.165) is 43.1 Å². The second-order valence-corrected chi connectivity index (χ2v) is 27.6. The number of piperidine rings is 1. The number of hydrogen-bond donors (Lipinski definition) is 3. The fraction of sp³-hybridized carbons (Fsp3) is 0.623. The van der Waals surface area contributed by atoms with Gasteiger partial charge in [-0.25, -0.2) is 0 Å². The van der Waals surface area contributed by atoms with E-state index in [1.165, 1.54) is 70.1 Å². The monoisotopic (exact) mass is 1410 g/mol. The lowest BCUT2D eigenvalue weighted by Gasteiger charge is -2.37. The summed E-state index contributed by atoms with van der Waals surface area (Å²) in [6.45, 7) is 9.55. The zero-order chi connectivity index (χ0) is 73.2. The number of nitrogens with zero attached hydrogens (tertiary/aromatic N) is 9. The maximum atomic E-state index is 14.8. The fourth-order valence-electron chi connectivity index (χ4n) is 12.3. The molecule has 1 unspecified atom stereocenters. The van der Waals surface area contributed by atoms with Crippen molar-refractivity contribution in [2.45, 2.75) is 174 Å². The number of carbonyl (C=O) groups excluding carboxylic acids is 12. The minimum Gasteiger partial charge on any atom is -0.354 e. The summed E-state index contributed by atoms with van der Waals surface area (Å²) in [5.74, 6) is -8.66. The molecule has 3 saturated heterocycles. The molecule has 3 aliphatic heterocycles. The Hall–Kier alpha value is -7.81. The van der Waals surface area contributed by atoms with Gasteiger partial charge in [0.05, 0.1) is 36.6 Å². The quantitative estimate of drug-likeness (QED) is 0.247. The highest BCUT2D eigenvalue weighted by Gasteiger charge is 2.42. The summed E-state index contributed by atoms with van der Waals surface area (Å²) in [6.07, 6.45) is -1.93. The van der Waals surface area contributed by atoms with Crippen LogP contribution in [0.1, 0.15) is 135 Å². The topological polar surface area (TPSA) is 270 Å². The molecule has 0 saturated carbocycles. The maximum absolute atomic E-state index is 14.8. The second-order valence-electron chi connectivity index (χ2n) is 26.7. The minimum atomic E-state index is -4.75. The first-order valence-corrected chi connectivity index (χ1v) is 34.3. The van der Waals surface area contributed by atoms with Crippen LogP contribution in [0.15, 0.2) is 53.7 Å². The van der Waals surface area contributed by atoms with Crippen molar-refractivity contribution < 1.29 is 70.7 Å². The minimum absolute atomic E-state index is 0.0401. The molecule has 29 heteroatoms. The van der Waals surface area contributed by atoms with Crippen LogP contribution >= 0.6 is 23.2 Å². The number of hydrogen-bond acceptors (Lipinski definition) is 12. The summed E-state index contributed by atoms with van der Waals surface area (Å²) in [7, 11) is 9.55. The number of carbonyl (C=O) groups is 12. The first-order valence-electron chi connectivity index (χ1n) is 33.5. The molecule has 2 aromatic rings. The van der Waals surface area contributed by atoms with Gasteiger partial charge in [-0.3, -0.25) is 57.5 Å². The van der Waals surface area contributed by atoms with Gasteiger partial charge in [-0.05, 0) is 131 Å². The summed E-state index contributed by atoms with van der Waals surface area (Å²) in [5.41, 5.74) is 0.121. The van der Waals surface area contributed by atoms with Gasteiger partial charge < -0.3 is 60.0 Å². The Balaban J connectivity index is 1.53. The van der Waals surface area contributed by atoms with Gasteiger partial charge in [0.2, 0.25) is 65.0 Å². The Kier molecular flexibility index (Phi) is 30.4. The Morgan fingerprint density at radius 2 is 1.30 bits per heavy atom. The van der Waals surface area contributed by atoms with Crippen molar-refractivity contribution >= 4 is 94.1 Å². The molecule has 3 fully saturated rings. The van der Waals surface area contributed by atoms with Crippen molar-refractivity contribution in [3.8, 4) is 0 Å².